The van der Waals surface area contributed by atoms with Crippen LogP contribution in [-0.2, 0) is 12.8 Å². The number of nitrogens with one attached hydrogen (secondary N) is 1. The molecule has 2 nitrogen and oxygen atoms in total. The summed E-state index contributed by atoms with van der Waals surface area (Å²) in [5, 5.41) is 0. The molecule has 2 heteroatoms. The van der Waals surface area contributed by atoms with Crippen LogP contribution in [0.2, 0.25) is 0 Å². The molecule has 1 unspecified atom stereocenters. The lowest BCUT2D eigenvalue weighted by Crippen LogP contribution is -2.38. The van der Waals surface area contributed by atoms with Crippen LogP contribution in [0.3, 0.4) is 0 Å². The molecule has 0 spiro atoms. The SMILES string of the molecule is Cc1ccc(CC(Cc2cccc(C)c2)NN)cc1. The van der Waals surface area contributed by atoms with Crippen LogP contribution in [0.1, 0.15) is 22.3 Å². The zero-order valence-corrected chi connectivity index (χ0v) is 11.7. The summed E-state index contributed by atoms with van der Waals surface area (Å²) >= 11 is 0. The molecule has 1 atom stereocenters. The van der Waals surface area contributed by atoms with Gasteiger partial charge in [-0.1, -0.05) is 59.7 Å². The van der Waals surface area contributed by atoms with Crippen LogP contribution < -0.4 is 11.3 Å². The molecular weight excluding hydrogens is 232 g/mol. The predicted octanol–water partition coefficient (Wildman–Crippen LogP) is 2.92. The summed E-state index contributed by atoms with van der Waals surface area (Å²) in [7, 11) is 0. The fourth-order valence-electron chi connectivity index (χ4n) is 2.32. The first kappa shape index (κ1) is 13.8. The van der Waals surface area contributed by atoms with Crippen LogP contribution in [-0.4, -0.2) is 6.04 Å². The van der Waals surface area contributed by atoms with Gasteiger partial charge in [0, 0.05) is 6.04 Å². The highest BCUT2D eigenvalue weighted by molar-refractivity contribution is 5.25. The smallest absolute Gasteiger partial charge is 0.0291 e. The fraction of sp³-hybridized carbons (Fsp3) is 0.294. The molecule has 0 aromatic heterocycles. The van der Waals surface area contributed by atoms with Gasteiger partial charge in [0.15, 0.2) is 0 Å². The first-order valence-corrected chi connectivity index (χ1v) is 6.74. The molecule has 0 amide bonds. The first-order valence-electron chi connectivity index (χ1n) is 6.74. The van der Waals surface area contributed by atoms with Crippen LogP contribution in [0.4, 0.5) is 0 Å². The summed E-state index contributed by atoms with van der Waals surface area (Å²) in [6, 6.07) is 17.5. The Morgan fingerprint density at radius 3 is 2.21 bits per heavy atom. The quantitative estimate of drug-likeness (QED) is 0.636. The number of nitrogens with two attached hydrogens (primary N) is 1. The van der Waals surface area contributed by atoms with Crippen molar-refractivity contribution < 1.29 is 0 Å². The molecule has 0 radical (unpaired) electrons. The minimum atomic E-state index is 0.268. The summed E-state index contributed by atoms with van der Waals surface area (Å²) in [4.78, 5) is 0. The van der Waals surface area contributed by atoms with Gasteiger partial charge in [-0.15, -0.1) is 0 Å². The van der Waals surface area contributed by atoms with Crippen molar-refractivity contribution in [3.63, 3.8) is 0 Å². The van der Waals surface area contributed by atoms with Gasteiger partial charge in [-0.25, -0.2) is 0 Å². The van der Waals surface area contributed by atoms with E-state index < -0.39 is 0 Å². The Bertz CT molecular complexity index is 517. The summed E-state index contributed by atoms with van der Waals surface area (Å²) < 4.78 is 0. The lowest BCUT2D eigenvalue weighted by molar-refractivity contribution is 0.522. The maximum atomic E-state index is 5.69. The van der Waals surface area contributed by atoms with Gasteiger partial charge in [-0.2, -0.15) is 0 Å². The maximum Gasteiger partial charge on any atom is 0.0291 e. The molecule has 0 saturated heterocycles. The van der Waals surface area contributed by atoms with E-state index in [1.807, 2.05) is 0 Å². The Morgan fingerprint density at radius 1 is 0.895 bits per heavy atom. The van der Waals surface area contributed by atoms with Crippen molar-refractivity contribution in [1.29, 1.82) is 0 Å². The van der Waals surface area contributed by atoms with E-state index in [2.05, 4.69) is 67.8 Å². The second-order valence-corrected chi connectivity index (χ2v) is 5.25. The molecule has 0 fully saturated rings. The molecule has 2 rings (SSSR count). The number of hydrogen-bond donors (Lipinski definition) is 2. The van der Waals surface area contributed by atoms with Gasteiger partial charge in [0.2, 0.25) is 0 Å². The highest BCUT2D eigenvalue weighted by Gasteiger charge is 2.09. The molecule has 2 aromatic rings. The number of benzene rings is 2. The average Bonchev–Trinajstić information content (AvgIpc) is 2.40. The van der Waals surface area contributed by atoms with Crippen molar-refractivity contribution in [3.8, 4) is 0 Å². The largest absolute Gasteiger partial charge is 0.271 e. The van der Waals surface area contributed by atoms with Crippen LogP contribution in [0, 0.1) is 13.8 Å². The number of hydrogen-bond acceptors (Lipinski definition) is 2. The van der Waals surface area contributed by atoms with Crippen LogP contribution >= 0.6 is 0 Å². The van der Waals surface area contributed by atoms with E-state index in [-0.39, 0.29) is 6.04 Å². The topological polar surface area (TPSA) is 38.0 Å². The molecule has 0 bridgehead atoms. The van der Waals surface area contributed by atoms with Crippen molar-refractivity contribution in [2.45, 2.75) is 32.7 Å². The first-order chi connectivity index (χ1) is 9.17. The average molecular weight is 254 g/mol. The molecule has 0 saturated carbocycles. The summed E-state index contributed by atoms with van der Waals surface area (Å²) in [5.74, 6) is 5.69. The minimum Gasteiger partial charge on any atom is -0.271 e. The molecule has 19 heavy (non-hydrogen) atoms. The van der Waals surface area contributed by atoms with E-state index in [9.17, 15) is 0 Å². The van der Waals surface area contributed by atoms with Crippen molar-refractivity contribution >= 4 is 0 Å². The summed E-state index contributed by atoms with van der Waals surface area (Å²) in [6.07, 6.45) is 1.90. The van der Waals surface area contributed by atoms with E-state index in [4.69, 9.17) is 5.84 Å². The van der Waals surface area contributed by atoms with Gasteiger partial charge in [0.1, 0.15) is 0 Å². The van der Waals surface area contributed by atoms with E-state index >= 15 is 0 Å². The standard InChI is InChI=1S/C17H22N2/c1-13-6-8-15(9-7-13)11-17(19-18)12-16-5-3-4-14(2)10-16/h3-10,17,19H,11-12,18H2,1-2H3. The number of hydrazine groups is 1. The second-order valence-electron chi connectivity index (χ2n) is 5.25. The predicted molar refractivity (Wildman–Crippen MR) is 80.9 cm³/mol. The summed E-state index contributed by atoms with van der Waals surface area (Å²) in [6.45, 7) is 4.23. The Morgan fingerprint density at radius 2 is 1.58 bits per heavy atom. The van der Waals surface area contributed by atoms with E-state index in [1.54, 1.807) is 0 Å². The Balaban J connectivity index is 2.02. The Kier molecular flexibility index (Phi) is 4.72. The van der Waals surface area contributed by atoms with Gasteiger partial charge < -0.3 is 0 Å². The third kappa shape index (κ3) is 4.19. The van der Waals surface area contributed by atoms with Crippen LogP contribution in [0.25, 0.3) is 0 Å². The lowest BCUT2D eigenvalue weighted by Gasteiger charge is -2.16. The Hall–Kier alpha value is -1.64. The third-order valence-electron chi connectivity index (χ3n) is 3.40. The van der Waals surface area contributed by atoms with E-state index in [0.717, 1.165) is 12.8 Å². The van der Waals surface area contributed by atoms with Gasteiger partial charge in [0.05, 0.1) is 0 Å². The zero-order valence-electron chi connectivity index (χ0n) is 11.7. The van der Waals surface area contributed by atoms with Gasteiger partial charge in [-0.05, 0) is 37.8 Å². The molecule has 0 aliphatic heterocycles. The summed E-state index contributed by atoms with van der Waals surface area (Å²) in [5.41, 5.74) is 8.17. The highest BCUT2D eigenvalue weighted by atomic mass is 15.2. The van der Waals surface area contributed by atoms with Gasteiger partial charge in [-0.3, -0.25) is 11.3 Å². The van der Waals surface area contributed by atoms with Crippen LogP contribution in [0.5, 0.6) is 0 Å². The zero-order chi connectivity index (χ0) is 13.7. The van der Waals surface area contributed by atoms with Gasteiger partial charge in [0.25, 0.3) is 0 Å². The van der Waals surface area contributed by atoms with Crippen LogP contribution in [0.15, 0.2) is 48.5 Å². The Labute approximate surface area is 115 Å². The fourth-order valence-corrected chi connectivity index (χ4v) is 2.32. The minimum absolute atomic E-state index is 0.268. The molecule has 3 N–H and O–H groups in total. The molecule has 0 heterocycles. The lowest BCUT2D eigenvalue weighted by atomic mass is 9.98. The van der Waals surface area contributed by atoms with E-state index in [1.165, 1.54) is 22.3 Å². The van der Waals surface area contributed by atoms with Crippen molar-refractivity contribution in [2.75, 3.05) is 0 Å². The molecular formula is C17H22N2. The molecule has 100 valence electrons. The van der Waals surface area contributed by atoms with E-state index in [0.29, 0.717) is 0 Å². The van der Waals surface area contributed by atoms with Gasteiger partial charge >= 0.3 is 0 Å². The normalized spacial score (nSPS) is 12.4. The van der Waals surface area contributed by atoms with Crippen molar-refractivity contribution in [3.05, 3.63) is 70.8 Å². The second kappa shape index (κ2) is 6.50. The molecule has 0 aliphatic rings. The molecule has 0 aliphatic carbocycles. The number of aryl methyl sites for hydroxylation is 2. The monoisotopic (exact) mass is 254 g/mol. The molecule has 2 aromatic carbocycles. The van der Waals surface area contributed by atoms with Crippen molar-refractivity contribution in [2.24, 2.45) is 5.84 Å². The third-order valence-corrected chi connectivity index (χ3v) is 3.40. The van der Waals surface area contributed by atoms with Crippen molar-refractivity contribution in [1.82, 2.24) is 5.43 Å². The number of rotatable bonds is 5. The maximum absolute atomic E-state index is 5.69. The highest BCUT2D eigenvalue weighted by Crippen LogP contribution is 2.11.